The third-order valence-corrected chi connectivity index (χ3v) is 6.07. The van der Waals surface area contributed by atoms with Crippen LogP contribution in [0.25, 0.3) is 0 Å². The molecule has 1 aliphatic heterocycles. The summed E-state index contributed by atoms with van der Waals surface area (Å²) in [4.78, 5) is 14.5. The number of benzene rings is 2. The highest BCUT2D eigenvalue weighted by molar-refractivity contribution is 7.87. The Bertz CT molecular complexity index is 968. The predicted molar refractivity (Wildman–Crippen MR) is 104 cm³/mol. The van der Waals surface area contributed by atoms with Crippen molar-refractivity contribution in [3.63, 3.8) is 0 Å². The first kappa shape index (κ1) is 19.2. The molecule has 1 fully saturated rings. The second kappa shape index (κ2) is 7.56. The van der Waals surface area contributed by atoms with E-state index in [1.54, 1.807) is 36.1 Å². The molecule has 0 unspecified atom stereocenters. The zero-order valence-electron chi connectivity index (χ0n) is 15.6. The Labute approximate surface area is 160 Å². The number of hydrogen-bond donors (Lipinski definition) is 0. The second-order valence-electron chi connectivity index (χ2n) is 6.87. The minimum atomic E-state index is -3.93. The lowest BCUT2D eigenvalue weighted by Crippen LogP contribution is -2.36. The SMILES string of the molecule is C=C1CCN(C(=O)c2ccc(OS(=O)(=O)c3cc(C)ccc3C)cc2)CC1. The van der Waals surface area contributed by atoms with Crippen LogP contribution in [0.1, 0.15) is 34.3 Å². The fourth-order valence-electron chi connectivity index (χ4n) is 3.01. The van der Waals surface area contributed by atoms with E-state index in [9.17, 15) is 13.2 Å². The molecular weight excluding hydrogens is 362 g/mol. The predicted octanol–water partition coefficient (Wildman–Crippen LogP) is 3.86. The quantitative estimate of drug-likeness (QED) is 0.592. The molecule has 27 heavy (non-hydrogen) atoms. The largest absolute Gasteiger partial charge is 0.379 e. The molecule has 0 spiro atoms. The normalized spacial score (nSPS) is 14.9. The topological polar surface area (TPSA) is 63.7 Å². The molecule has 0 N–H and O–H groups in total. The number of carbonyl (C=O) groups excluding carboxylic acids is 1. The molecule has 0 atom stereocenters. The summed E-state index contributed by atoms with van der Waals surface area (Å²) in [5.41, 5.74) is 3.14. The van der Waals surface area contributed by atoms with Gasteiger partial charge in [0.05, 0.1) is 0 Å². The van der Waals surface area contributed by atoms with E-state index in [2.05, 4.69) is 6.58 Å². The van der Waals surface area contributed by atoms with Crippen LogP contribution in [-0.4, -0.2) is 32.3 Å². The molecule has 1 heterocycles. The Morgan fingerprint density at radius 3 is 2.30 bits per heavy atom. The molecule has 1 aliphatic rings. The maximum atomic E-state index is 12.6. The maximum absolute atomic E-state index is 12.6. The fraction of sp³-hybridized carbons (Fsp3) is 0.286. The first-order valence-electron chi connectivity index (χ1n) is 8.84. The van der Waals surface area contributed by atoms with Crippen molar-refractivity contribution in [2.24, 2.45) is 0 Å². The number of piperidine rings is 1. The van der Waals surface area contributed by atoms with E-state index in [0.29, 0.717) is 24.2 Å². The zero-order valence-corrected chi connectivity index (χ0v) is 16.4. The van der Waals surface area contributed by atoms with Crippen molar-refractivity contribution in [2.45, 2.75) is 31.6 Å². The highest BCUT2D eigenvalue weighted by Gasteiger charge is 2.21. The van der Waals surface area contributed by atoms with Gasteiger partial charge in [0, 0.05) is 18.7 Å². The number of carbonyl (C=O) groups is 1. The third-order valence-electron chi connectivity index (χ3n) is 4.68. The van der Waals surface area contributed by atoms with Gasteiger partial charge in [-0.15, -0.1) is 0 Å². The van der Waals surface area contributed by atoms with Crippen LogP contribution in [-0.2, 0) is 10.1 Å². The molecule has 0 radical (unpaired) electrons. The van der Waals surface area contributed by atoms with Crippen LogP contribution >= 0.6 is 0 Å². The Balaban J connectivity index is 1.74. The van der Waals surface area contributed by atoms with E-state index < -0.39 is 10.1 Å². The van der Waals surface area contributed by atoms with Crippen LogP contribution < -0.4 is 4.18 Å². The van der Waals surface area contributed by atoms with Gasteiger partial charge in [0.25, 0.3) is 5.91 Å². The van der Waals surface area contributed by atoms with Crippen molar-refractivity contribution in [1.82, 2.24) is 4.90 Å². The van der Waals surface area contributed by atoms with Gasteiger partial charge >= 0.3 is 10.1 Å². The van der Waals surface area contributed by atoms with Gasteiger partial charge in [-0.3, -0.25) is 4.79 Å². The lowest BCUT2D eigenvalue weighted by molar-refractivity contribution is 0.0744. The molecule has 3 rings (SSSR count). The van der Waals surface area contributed by atoms with Crippen molar-refractivity contribution in [3.8, 4) is 5.75 Å². The van der Waals surface area contributed by atoms with Crippen LogP contribution in [0, 0.1) is 13.8 Å². The smallest absolute Gasteiger partial charge is 0.339 e. The molecule has 5 nitrogen and oxygen atoms in total. The number of likely N-dealkylation sites (tertiary alicyclic amines) is 1. The number of nitrogens with zero attached hydrogens (tertiary/aromatic N) is 1. The summed E-state index contributed by atoms with van der Waals surface area (Å²) in [6.07, 6.45) is 1.64. The standard InChI is InChI=1S/C21H23NO4S/c1-15-10-12-22(13-11-15)21(23)18-6-8-19(9-7-18)26-27(24,25)20-14-16(2)4-5-17(20)3/h4-9,14H,1,10-13H2,2-3H3. The van der Waals surface area contributed by atoms with Crippen LogP contribution in [0.3, 0.4) is 0 Å². The first-order valence-corrected chi connectivity index (χ1v) is 10.2. The number of rotatable bonds is 4. The van der Waals surface area contributed by atoms with Gasteiger partial charge in [-0.1, -0.05) is 24.3 Å². The lowest BCUT2D eigenvalue weighted by atomic mass is 10.0. The average molecular weight is 385 g/mol. The third kappa shape index (κ3) is 4.39. The van der Waals surface area contributed by atoms with Gasteiger partial charge in [0.2, 0.25) is 0 Å². The summed E-state index contributed by atoms with van der Waals surface area (Å²) in [6, 6.07) is 11.4. The summed E-state index contributed by atoms with van der Waals surface area (Å²) >= 11 is 0. The molecule has 0 aliphatic carbocycles. The van der Waals surface area contributed by atoms with Gasteiger partial charge < -0.3 is 9.08 Å². The molecule has 142 valence electrons. The lowest BCUT2D eigenvalue weighted by Gasteiger charge is -2.28. The number of aryl methyl sites for hydroxylation is 2. The summed E-state index contributed by atoms with van der Waals surface area (Å²) in [5, 5.41) is 0. The van der Waals surface area contributed by atoms with E-state index in [1.165, 1.54) is 17.7 Å². The highest BCUT2D eigenvalue weighted by atomic mass is 32.2. The van der Waals surface area contributed by atoms with Crippen molar-refractivity contribution >= 4 is 16.0 Å². The molecule has 0 saturated carbocycles. The van der Waals surface area contributed by atoms with E-state index in [-0.39, 0.29) is 16.6 Å². The van der Waals surface area contributed by atoms with Crippen molar-refractivity contribution in [3.05, 3.63) is 71.3 Å². The minimum absolute atomic E-state index is 0.0635. The minimum Gasteiger partial charge on any atom is -0.379 e. The van der Waals surface area contributed by atoms with Crippen LogP contribution in [0.2, 0.25) is 0 Å². The number of hydrogen-bond acceptors (Lipinski definition) is 4. The summed E-state index contributed by atoms with van der Waals surface area (Å²) in [6.45, 7) is 8.83. The summed E-state index contributed by atoms with van der Waals surface area (Å²) in [5.74, 6) is 0.117. The van der Waals surface area contributed by atoms with E-state index in [0.717, 1.165) is 18.4 Å². The molecule has 1 amide bonds. The Morgan fingerprint density at radius 1 is 1.04 bits per heavy atom. The second-order valence-corrected chi connectivity index (χ2v) is 8.39. The molecule has 0 aromatic heterocycles. The Kier molecular flexibility index (Phi) is 5.37. The Morgan fingerprint density at radius 2 is 1.67 bits per heavy atom. The monoisotopic (exact) mass is 385 g/mol. The molecule has 1 saturated heterocycles. The average Bonchev–Trinajstić information content (AvgIpc) is 2.64. The molecular formula is C21H23NO4S. The molecule has 0 bridgehead atoms. The zero-order chi connectivity index (χ0) is 19.6. The van der Waals surface area contributed by atoms with Crippen LogP contribution in [0.4, 0.5) is 0 Å². The molecule has 2 aromatic carbocycles. The van der Waals surface area contributed by atoms with Gasteiger partial charge in [-0.25, -0.2) is 0 Å². The van der Waals surface area contributed by atoms with Crippen LogP contribution in [0.5, 0.6) is 5.75 Å². The number of amides is 1. The van der Waals surface area contributed by atoms with Gasteiger partial charge in [-0.05, 0) is 68.1 Å². The van der Waals surface area contributed by atoms with Gasteiger partial charge in [0.1, 0.15) is 10.6 Å². The van der Waals surface area contributed by atoms with Gasteiger partial charge in [0.15, 0.2) is 0 Å². The van der Waals surface area contributed by atoms with Crippen molar-refractivity contribution < 1.29 is 17.4 Å². The van der Waals surface area contributed by atoms with Gasteiger partial charge in [-0.2, -0.15) is 8.42 Å². The van der Waals surface area contributed by atoms with E-state index in [4.69, 9.17) is 4.18 Å². The molecule has 2 aromatic rings. The molecule has 6 heteroatoms. The first-order chi connectivity index (χ1) is 12.8. The van der Waals surface area contributed by atoms with E-state index in [1.807, 2.05) is 13.0 Å². The van der Waals surface area contributed by atoms with Crippen LogP contribution in [0.15, 0.2) is 59.5 Å². The van der Waals surface area contributed by atoms with E-state index >= 15 is 0 Å². The highest BCUT2D eigenvalue weighted by Crippen LogP contribution is 2.23. The van der Waals surface area contributed by atoms with Crippen molar-refractivity contribution in [1.29, 1.82) is 0 Å². The fourth-order valence-corrected chi connectivity index (χ4v) is 4.26. The Hall–Kier alpha value is -2.60. The van der Waals surface area contributed by atoms with Crippen molar-refractivity contribution in [2.75, 3.05) is 13.1 Å². The summed E-state index contributed by atoms with van der Waals surface area (Å²) < 4.78 is 30.4. The maximum Gasteiger partial charge on any atom is 0.339 e. The summed E-state index contributed by atoms with van der Waals surface area (Å²) in [7, 11) is -3.93.